The van der Waals surface area contributed by atoms with Crippen LogP contribution in [0.2, 0.25) is 0 Å². The van der Waals surface area contributed by atoms with Crippen molar-refractivity contribution in [1.82, 2.24) is 5.32 Å². The van der Waals surface area contributed by atoms with E-state index in [1.807, 2.05) is 32.7 Å². The fourth-order valence-corrected chi connectivity index (χ4v) is 2.76. The summed E-state index contributed by atoms with van der Waals surface area (Å²) < 4.78 is 5.10. The molecule has 0 heterocycles. The highest BCUT2D eigenvalue weighted by atomic mass is 32.2. The van der Waals surface area contributed by atoms with Gasteiger partial charge >= 0.3 is 5.97 Å². The van der Waals surface area contributed by atoms with Crippen molar-refractivity contribution in [2.24, 2.45) is 5.92 Å². The van der Waals surface area contributed by atoms with Gasteiger partial charge in [0.05, 0.1) is 6.61 Å². The van der Waals surface area contributed by atoms with E-state index in [1.165, 1.54) is 12.2 Å². The molecule has 18 heavy (non-hydrogen) atoms. The molecule has 108 valence electrons. The van der Waals surface area contributed by atoms with Crippen LogP contribution in [0.25, 0.3) is 0 Å². The molecule has 0 saturated carbocycles. The van der Waals surface area contributed by atoms with E-state index in [9.17, 15) is 4.79 Å². The summed E-state index contributed by atoms with van der Waals surface area (Å²) in [6.45, 7) is 8.71. The van der Waals surface area contributed by atoms with Gasteiger partial charge in [0, 0.05) is 0 Å². The first-order valence-corrected chi connectivity index (χ1v) is 8.05. The summed E-state index contributed by atoms with van der Waals surface area (Å²) in [6, 6.07) is 0. The fraction of sp³-hybridized carbons (Fsp3) is 0.929. The van der Waals surface area contributed by atoms with Crippen LogP contribution in [0.15, 0.2) is 0 Å². The molecule has 0 fully saturated rings. The Bertz CT molecular complexity index is 234. The van der Waals surface area contributed by atoms with Crippen LogP contribution < -0.4 is 5.32 Å². The molecule has 1 N–H and O–H groups in total. The van der Waals surface area contributed by atoms with E-state index in [1.54, 1.807) is 0 Å². The first-order valence-electron chi connectivity index (χ1n) is 6.90. The lowest BCUT2D eigenvalue weighted by molar-refractivity contribution is -0.150. The van der Waals surface area contributed by atoms with Gasteiger partial charge in [0.1, 0.15) is 5.54 Å². The third kappa shape index (κ3) is 7.27. The molecule has 0 spiro atoms. The molecule has 3 nitrogen and oxygen atoms in total. The van der Waals surface area contributed by atoms with Gasteiger partial charge in [-0.2, -0.15) is 11.8 Å². The zero-order chi connectivity index (χ0) is 14.0. The molecule has 0 bridgehead atoms. The van der Waals surface area contributed by atoms with Crippen LogP contribution in [0, 0.1) is 5.92 Å². The molecule has 1 atom stereocenters. The molecule has 1 unspecified atom stereocenters. The molecule has 0 aliphatic rings. The van der Waals surface area contributed by atoms with E-state index in [2.05, 4.69) is 19.2 Å². The molecule has 0 radical (unpaired) electrons. The van der Waals surface area contributed by atoms with Gasteiger partial charge in [0.25, 0.3) is 0 Å². The molecule has 0 saturated heterocycles. The lowest BCUT2D eigenvalue weighted by Gasteiger charge is -2.26. The standard InChI is InChI=1S/C14H29NO2S/c1-6-17-13(16)14(4,15-5)9-7-10-18-11-8-12(2)3/h12,15H,6-11H2,1-5H3. The molecule has 0 aliphatic heterocycles. The highest BCUT2D eigenvalue weighted by Crippen LogP contribution is 2.17. The van der Waals surface area contributed by atoms with Crippen LogP contribution >= 0.6 is 11.8 Å². The Kier molecular flexibility index (Phi) is 9.56. The summed E-state index contributed by atoms with van der Waals surface area (Å²) in [7, 11) is 1.82. The minimum atomic E-state index is -0.533. The smallest absolute Gasteiger partial charge is 0.326 e. The van der Waals surface area contributed by atoms with Gasteiger partial charge in [0.2, 0.25) is 0 Å². The van der Waals surface area contributed by atoms with E-state index in [0.29, 0.717) is 6.61 Å². The Morgan fingerprint density at radius 3 is 2.56 bits per heavy atom. The van der Waals surface area contributed by atoms with Crippen molar-refractivity contribution in [3.63, 3.8) is 0 Å². The first kappa shape index (κ1) is 17.8. The second-order valence-electron chi connectivity index (χ2n) is 5.20. The zero-order valence-electron chi connectivity index (χ0n) is 12.5. The predicted molar refractivity (Wildman–Crippen MR) is 80.1 cm³/mol. The summed E-state index contributed by atoms with van der Waals surface area (Å²) in [5.41, 5.74) is -0.533. The van der Waals surface area contributed by atoms with Crippen LogP contribution in [0.5, 0.6) is 0 Å². The molecule has 0 amide bonds. The van der Waals surface area contributed by atoms with Gasteiger partial charge in [-0.05, 0) is 57.6 Å². The highest BCUT2D eigenvalue weighted by Gasteiger charge is 2.32. The summed E-state index contributed by atoms with van der Waals surface area (Å²) in [4.78, 5) is 11.8. The second kappa shape index (κ2) is 9.68. The van der Waals surface area contributed by atoms with E-state index in [0.717, 1.165) is 24.5 Å². The van der Waals surface area contributed by atoms with E-state index in [4.69, 9.17) is 4.74 Å². The number of likely N-dealkylation sites (N-methyl/N-ethyl adjacent to an activating group) is 1. The van der Waals surface area contributed by atoms with Crippen LogP contribution in [0.4, 0.5) is 0 Å². The largest absolute Gasteiger partial charge is 0.465 e. The monoisotopic (exact) mass is 275 g/mol. The number of carbonyl (C=O) groups excluding carboxylic acids is 1. The second-order valence-corrected chi connectivity index (χ2v) is 6.43. The average molecular weight is 275 g/mol. The van der Waals surface area contributed by atoms with Gasteiger partial charge in [-0.25, -0.2) is 0 Å². The molecule has 4 heteroatoms. The number of esters is 1. The molecular formula is C14H29NO2S. The number of thioether (sulfide) groups is 1. The average Bonchev–Trinajstić information content (AvgIpc) is 2.33. The van der Waals surface area contributed by atoms with E-state index >= 15 is 0 Å². The number of rotatable bonds is 10. The van der Waals surface area contributed by atoms with Crippen molar-refractivity contribution in [2.75, 3.05) is 25.2 Å². The minimum Gasteiger partial charge on any atom is -0.465 e. The van der Waals surface area contributed by atoms with Crippen molar-refractivity contribution >= 4 is 17.7 Å². The van der Waals surface area contributed by atoms with Gasteiger partial charge in [-0.15, -0.1) is 0 Å². The van der Waals surface area contributed by atoms with Gasteiger partial charge in [-0.3, -0.25) is 4.79 Å². The van der Waals surface area contributed by atoms with Gasteiger partial charge in [0.15, 0.2) is 0 Å². The van der Waals surface area contributed by atoms with Crippen LogP contribution in [-0.4, -0.2) is 36.7 Å². The number of hydrogen-bond acceptors (Lipinski definition) is 4. The summed E-state index contributed by atoms with van der Waals surface area (Å²) >= 11 is 1.98. The normalized spacial score (nSPS) is 14.6. The Morgan fingerprint density at radius 1 is 1.39 bits per heavy atom. The van der Waals surface area contributed by atoms with Crippen LogP contribution in [-0.2, 0) is 9.53 Å². The quantitative estimate of drug-likeness (QED) is 0.491. The summed E-state index contributed by atoms with van der Waals surface area (Å²) in [6.07, 6.45) is 3.14. The van der Waals surface area contributed by atoms with Crippen molar-refractivity contribution < 1.29 is 9.53 Å². The maximum Gasteiger partial charge on any atom is 0.326 e. The molecule has 0 aromatic heterocycles. The van der Waals surface area contributed by atoms with Crippen LogP contribution in [0.1, 0.15) is 47.0 Å². The molecular weight excluding hydrogens is 246 g/mol. The number of nitrogens with one attached hydrogen (secondary N) is 1. The zero-order valence-corrected chi connectivity index (χ0v) is 13.4. The summed E-state index contributed by atoms with van der Waals surface area (Å²) in [5, 5.41) is 3.09. The Balaban J connectivity index is 3.82. The van der Waals surface area contributed by atoms with Crippen molar-refractivity contribution in [2.45, 2.75) is 52.5 Å². The predicted octanol–water partition coefficient (Wildman–Crippen LogP) is 3.09. The number of carbonyl (C=O) groups is 1. The Hall–Kier alpha value is -0.220. The number of hydrogen-bond donors (Lipinski definition) is 1. The first-order chi connectivity index (χ1) is 8.46. The van der Waals surface area contributed by atoms with E-state index < -0.39 is 5.54 Å². The molecule has 0 aromatic carbocycles. The molecule has 0 aliphatic carbocycles. The lowest BCUT2D eigenvalue weighted by atomic mass is 9.97. The number of ether oxygens (including phenoxy) is 1. The van der Waals surface area contributed by atoms with Crippen molar-refractivity contribution in [3.8, 4) is 0 Å². The van der Waals surface area contributed by atoms with Gasteiger partial charge in [-0.1, -0.05) is 13.8 Å². The van der Waals surface area contributed by atoms with Crippen molar-refractivity contribution in [1.29, 1.82) is 0 Å². The summed E-state index contributed by atoms with van der Waals surface area (Å²) in [5.74, 6) is 2.97. The third-order valence-electron chi connectivity index (χ3n) is 3.08. The molecule has 0 rings (SSSR count). The van der Waals surface area contributed by atoms with Crippen LogP contribution in [0.3, 0.4) is 0 Å². The fourth-order valence-electron chi connectivity index (χ4n) is 1.57. The van der Waals surface area contributed by atoms with Crippen molar-refractivity contribution in [3.05, 3.63) is 0 Å². The topological polar surface area (TPSA) is 38.3 Å². The third-order valence-corrected chi connectivity index (χ3v) is 4.18. The maximum absolute atomic E-state index is 11.8. The lowest BCUT2D eigenvalue weighted by Crippen LogP contribution is -2.48. The maximum atomic E-state index is 11.8. The SMILES string of the molecule is CCOC(=O)C(C)(CCCSCCC(C)C)NC. The van der Waals surface area contributed by atoms with Gasteiger partial charge < -0.3 is 10.1 Å². The molecule has 0 aromatic rings. The minimum absolute atomic E-state index is 0.139. The highest BCUT2D eigenvalue weighted by molar-refractivity contribution is 7.99. The Morgan fingerprint density at radius 2 is 2.06 bits per heavy atom. The van der Waals surface area contributed by atoms with E-state index in [-0.39, 0.29) is 5.97 Å². The Labute approximate surface area is 116 Å².